The van der Waals surface area contributed by atoms with Crippen molar-refractivity contribution in [2.75, 3.05) is 5.32 Å². The van der Waals surface area contributed by atoms with E-state index in [2.05, 4.69) is 39.1 Å². The van der Waals surface area contributed by atoms with Gasteiger partial charge in [0.2, 0.25) is 0 Å². The van der Waals surface area contributed by atoms with Gasteiger partial charge >= 0.3 is 0 Å². The second-order valence-electron chi connectivity index (χ2n) is 6.88. The minimum atomic E-state index is 0.186. The van der Waals surface area contributed by atoms with Gasteiger partial charge < -0.3 is 5.32 Å². The third-order valence-electron chi connectivity index (χ3n) is 4.23. The fraction of sp³-hybridized carbons (Fsp3) is 0.471. The van der Waals surface area contributed by atoms with Crippen molar-refractivity contribution in [1.82, 2.24) is 4.98 Å². The highest BCUT2D eigenvalue weighted by atomic mass is 32.1. The summed E-state index contributed by atoms with van der Waals surface area (Å²) >= 11 is 1.81. The number of benzene rings is 1. The van der Waals surface area contributed by atoms with E-state index in [1.54, 1.807) is 11.3 Å². The quantitative estimate of drug-likeness (QED) is 0.836. The zero-order valence-electron chi connectivity index (χ0n) is 12.6. The summed E-state index contributed by atoms with van der Waals surface area (Å²) in [5, 5.41) is 4.43. The molecule has 1 radical (unpaired) electrons. The Morgan fingerprint density at radius 1 is 1.10 bits per heavy atom. The lowest BCUT2D eigenvalue weighted by Gasteiger charge is -2.37. The first-order chi connectivity index (χ1) is 9.38. The van der Waals surface area contributed by atoms with Crippen molar-refractivity contribution in [2.24, 2.45) is 0 Å². The predicted molar refractivity (Wildman–Crippen MR) is 86.0 cm³/mol. The molecule has 1 aromatic carbocycles. The zero-order valence-corrected chi connectivity index (χ0v) is 13.4. The summed E-state index contributed by atoms with van der Waals surface area (Å²) in [6.45, 7) is 9.28. The Bertz CT molecular complexity index is 578. The maximum Gasteiger partial charge on any atom is 0.187 e. The number of fused-ring (bicyclic) bond motifs is 1. The van der Waals surface area contributed by atoms with Crippen LogP contribution < -0.4 is 5.32 Å². The van der Waals surface area contributed by atoms with Crippen molar-refractivity contribution in [3.05, 3.63) is 40.9 Å². The van der Waals surface area contributed by atoms with Crippen LogP contribution in [0.1, 0.15) is 51.1 Å². The average molecular weight is 285 g/mol. The average Bonchev–Trinajstić information content (AvgIpc) is 2.83. The molecule has 0 fully saturated rings. The molecular weight excluding hydrogens is 264 g/mol. The predicted octanol–water partition coefficient (Wildman–Crippen LogP) is 5.04. The van der Waals surface area contributed by atoms with E-state index in [-0.39, 0.29) is 10.8 Å². The first kappa shape index (κ1) is 13.6. The molecule has 1 N–H and O–H groups in total. The van der Waals surface area contributed by atoms with Crippen molar-refractivity contribution in [3.63, 3.8) is 0 Å². The topological polar surface area (TPSA) is 24.9 Å². The van der Waals surface area contributed by atoms with Crippen LogP contribution in [-0.4, -0.2) is 4.98 Å². The molecule has 1 heterocycles. The monoisotopic (exact) mass is 285 g/mol. The molecule has 105 valence electrons. The Balaban J connectivity index is 1.98. The molecule has 1 aromatic heterocycles. The molecule has 20 heavy (non-hydrogen) atoms. The van der Waals surface area contributed by atoms with Crippen molar-refractivity contribution in [3.8, 4) is 0 Å². The maximum atomic E-state index is 4.89. The van der Waals surface area contributed by atoms with Crippen LogP contribution in [0.3, 0.4) is 0 Å². The molecule has 0 atom stereocenters. The normalized spacial score (nSPS) is 19.4. The molecule has 2 nitrogen and oxygen atoms in total. The van der Waals surface area contributed by atoms with Gasteiger partial charge in [0, 0.05) is 21.4 Å². The highest BCUT2D eigenvalue weighted by Gasteiger charge is 2.40. The van der Waals surface area contributed by atoms with Crippen molar-refractivity contribution in [2.45, 2.75) is 51.4 Å². The number of aromatic nitrogens is 1. The van der Waals surface area contributed by atoms with Crippen LogP contribution in [0.2, 0.25) is 0 Å². The SMILES string of the molecule is CC1(C)CCC(C)(C)c2sc(Nc3cc[c]cc3)nc21. The van der Waals surface area contributed by atoms with Crippen molar-refractivity contribution >= 4 is 22.2 Å². The van der Waals surface area contributed by atoms with Gasteiger partial charge in [-0.15, -0.1) is 11.3 Å². The Morgan fingerprint density at radius 3 is 2.40 bits per heavy atom. The number of hydrogen-bond donors (Lipinski definition) is 1. The molecule has 2 aromatic rings. The van der Waals surface area contributed by atoms with E-state index in [1.807, 2.05) is 24.3 Å². The molecule has 0 saturated carbocycles. The summed E-state index contributed by atoms with van der Waals surface area (Å²) in [7, 11) is 0. The lowest BCUT2D eigenvalue weighted by atomic mass is 9.69. The first-order valence-corrected chi connectivity index (χ1v) is 7.95. The molecule has 0 unspecified atom stereocenters. The van der Waals surface area contributed by atoms with Crippen molar-refractivity contribution in [1.29, 1.82) is 0 Å². The highest BCUT2D eigenvalue weighted by Crippen LogP contribution is 2.49. The molecular formula is C17H21N2S. The molecule has 3 heteroatoms. The summed E-state index contributed by atoms with van der Waals surface area (Å²) < 4.78 is 0. The van der Waals surface area contributed by atoms with Crippen LogP contribution in [0.4, 0.5) is 10.8 Å². The van der Waals surface area contributed by atoms with Gasteiger partial charge in [-0.05, 0) is 31.0 Å². The van der Waals surface area contributed by atoms with Gasteiger partial charge in [-0.1, -0.05) is 39.8 Å². The number of anilines is 2. The number of nitrogens with zero attached hydrogens (tertiary/aromatic N) is 1. The Hall–Kier alpha value is -1.35. The summed E-state index contributed by atoms with van der Waals surface area (Å²) in [6, 6.07) is 10.9. The molecule has 3 rings (SSSR count). The van der Waals surface area contributed by atoms with E-state index < -0.39 is 0 Å². The zero-order chi connectivity index (χ0) is 14.4. The molecule has 0 saturated heterocycles. The summed E-state index contributed by atoms with van der Waals surface area (Å²) in [5.41, 5.74) is 2.78. The Morgan fingerprint density at radius 2 is 1.75 bits per heavy atom. The highest BCUT2D eigenvalue weighted by molar-refractivity contribution is 7.16. The van der Waals surface area contributed by atoms with Crippen LogP contribution in [0.15, 0.2) is 24.3 Å². The third kappa shape index (κ3) is 2.35. The van der Waals surface area contributed by atoms with E-state index in [4.69, 9.17) is 4.98 Å². The fourth-order valence-corrected chi connectivity index (χ4v) is 4.04. The van der Waals surface area contributed by atoms with Crippen LogP contribution in [0.5, 0.6) is 0 Å². The lowest BCUT2D eigenvalue weighted by Crippen LogP contribution is -2.32. The maximum absolute atomic E-state index is 4.89. The summed E-state index contributed by atoms with van der Waals surface area (Å²) in [5.74, 6) is 0. The van der Waals surface area contributed by atoms with Gasteiger partial charge in [-0.25, -0.2) is 4.98 Å². The standard InChI is InChI=1S/C17H21N2S/c1-16(2)10-11-17(3,4)14-13(16)19-15(20-14)18-12-8-6-5-7-9-12/h6-9H,10-11H2,1-4H3,(H,18,19). The van der Waals surface area contributed by atoms with E-state index in [1.165, 1.54) is 23.4 Å². The molecule has 0 spiro atoms. The molecule has 0 bridgehead atoms. The second-order valence-corrected chi connectivity index (χ2v) is 7.88. The van der Waals surface area contributed by atoms with Gasteiger partial charge in [-0.3, -0.25) is 0 Å². The van der Waals surface area contributed by atoms with Gasteiger partial charge in [0.25, 0.3) is 0 Å². The Labute approximate surface area is 125 Å². The minimum absolute atomic E-state index is 0.186. The molecule has 0 aliphatic heterocycles. The lowest BCUT2D eigenvalue weighted by molar-refractivity contribution is 0.331. The summed E-state index contributed by atoms with van der Waals surface area (Å²) in [6.07, 6.45) is 2.44. The minimum Gasteiger partial charge on any atom is -0.332 e. The van der Waals surface area contributed by atoms with Crippen LogP contribution >= 0.6 is 11.3 Å². The fourth-order valence-electron chi connectivity index (χ4n) is 2.74. The number of nitrogens with one attached hydrogen (secondary N) is 1. The summed E-state index contributed by atoms with van der Waals surface area (Å²) in [4.78, 5) is 6.33. The molecule has 1 aliphatic carbocycles. The first-order valence-electron chi connectivity index (χ1n) is 7.13. The number of hydrogen-bond acceptors (Lipinski definition) is 3. The largest absolute Gasteiger partial charge is 0.332 e. The van der Waals surface area contributed by atoms with Crippen LogP contribution in [-0.2, 0) is 10.8 Å². The van der Waals surface area contributed by atoms with E-state index in [9.17, 15) is 0 Å². The van der Waals surface area contributed by atoms with Crippen LogP contribution in [0.25, 0.3) is 0 Å². The Kier molecular flexibility index (Phi) is 3.13. The van der Waals surface area contributed by atoms with Gasteiger partial charge in [-0.2, -0.15) is 0 Å². The van der Waals surface area contributed by atoms with Gasteiger partial charge in [0.05, 0.1) is 5.69 Å². The number of thiazole rings is 1. The second kappa shape index (κ2) is 4.59. The van der Waals surface area contributed by atoms with Crippen molar-refractivity contribution < 1.29 is 0 Å². The van der Waals surface area contributed by atoms with Gasteiger partial charge in [0.1, 0.15) is 0 Å². The smallest absolute Gasteiger partial charge is 0.187 e. The number of rotatable bonds is 2. The van der Waals surface area contributed by atoms with E-state index >= 15 is 0 Å². The van der Waals surface area contributed by atoms with E-state index in [0.717, 1.165) is 10.8 Å². The van der Waals surface area contributed by atoms with Crippen LogP contribution in [0, 0.1) is 6.07 Å². The third-order valence-corrected chi connectivity index (χ3v) is 5.56. The molecule has 0 amide bonds. The van der Waals surface area contributed by atoms with E-state index in [0.29, 0.717) is 0 Å². The van der Waals surface area contributed by atoms with Gasteiger partial charge in [0.15, 0.2) is 5.13 Å². The molecule has 1 aliphatic rings.